The van der Waals surface area contributed by atoms with Gasteiger partial charge in [-0.15, -0.1) is 0 Å². The Labute approximate surface area is 189 Å². The van der Waals surface area contributed by atoms with Crippen LogP contribution < -0.4 is 10.6 Å². The lowest BCUT2D eigenvalue weighted by Gasteiger charge is -2.29. The highest BCUT2D eigenvalue weighted by molar-refractivity contribution is 5.87. The number of aromatic nitrogens is 1. The van der Waals surface area contributed by atoms with Crippen molar-refractivity contribution in [2.24, 2.45) is 10.4 Å². The molecular weight excluding hydrogens is 398 g/mol. The molecule has 0 saturated heterocycles. The van der Waals surface area contributed by atoms with Crippen molar-refractivity contribution < 1.29 is 4.79 Å². The molecule has 3 rings (SSSR count). The zero-order valence-electron chi connectivity index (χ0n) is 19.0. The number of nitrogens with zero attached hydrogens (tertiary/aromatic N) is 3. The van der Waals surface area contributed by atoms with E-state index < -0.39 is 6.17 Å². The number of nitriles is 1. The summed E-state index contributed by atoms with van der Waals surface area (Å²) >= 11 is 0. The standard InChI is InChI=1S/C26H29N5O/c1-18-8-5-6-9-21(18)16-23(29-17-27)30-25(26(2,3)4)31-24(32)15-19-11-12-20-10-7-13-28-22(20)14-19/h5-14,25H,15-16H2,1-4H3,(H,29,30)(H,31,32). The van der Waals surface area contributed by atoms with Gasteiger partial charge in [-0.25, -0.2) is 4.99 Å². The summed E-state index contributed by atoms with van der Waals surface area (Å²) in [4.78, 5) is 22.0. The van der Waals surface area contributed by atoms with Crippen LogP contribution in [0.15, 0.2) is 65.8 Å². The number of amides is 1. The number of amidine groups is 1. The minimum absolute atomic E-state index is 0.129. The normalized spacial score (nSPS) is 12.8. The van der Waals surface area contributed by atoms with Gasteiger partial charge in [-0.2, -0.15) is 5.26 Å². The van der Waals surface area contributed by atoms with Crippen LogP contribution in [-0.4, -0.2) is 22.9 Å². The Morgan fingerprint density at radius 3 is 2.62 bits per heavy atom. The summed E-state index contributed by atoms with van der Waals surface area (Å²) in [6, 6.07) is 17.7. The lowest BCUT2D eigenvalue weighted by atomic mass is 9.92. The molecule has 1 heterocycles. The first-order valence-electron chi connectivity index (χ1n) is 10.7. The Morgan fingerprint density at radius 2 is 1.91 bits per heavy atom. The van der Waals surface area contributed by atoms with Crippen LogP contribution in [0.1, 0.15) is 37.5 Å². The van der Waals surface area contributed by atoms with E-state index in [4.69, 9.17) is 4.99 Å². The summed E-state index contributed by atoms with van der Waals surface area (Å²) in [5, 5.41) is 16.0. The van der Waals surface area contributed by atoms with Crippen LogP contribution in [0.5, 0.6) is 0 Å². The molecule has 2 N–H and O–H groups in total. The molecule has 0 aliphatic heterocycles. The largest absolute Gasteiger partial charge is 0.334 e. The third-order valence-corrected chi connectivity index (χ3v) is 5.26. The van der Waals surface area contributed by atoms with Crippen molar-refractivity contribution in [3.8, 4) is 6.19 Å². The summed E-state index contributed by atoms with van der Waals surface area (Å²) in [7, 11) is 0. The molecule has 0 aliphatic carbocycles. The number of pyridine rings is 1. The second-order valence-electron chi connectivity index (χ2n) is 8.96. The zero-order chi connectivity index (χ0) is 23.1. The summed E-state index contributed by atoms with van der Waals surface area (Å²) in [6.45, 7) is 8.07. The fourth-order valence-corrected chi connectivity index (χ4v) is 3.38. The number of aliphatic imine (C=N–C) groups is 1. The van der Waals surface area contributed by atoms with Gasteiger partial charge >= 0.3 is 0 Å². The molecule has 164 valence electrons. The molecule has 0 spiro atoms. The van der Waals surface area contributed by atoms with Gasteiger partial charge in [0.25, 0.3) is 0 Å². The molecule has 32 heavy (non-hydrogen) atoms. The minimum atomic E-state index is -0.492. The van der Waals surface area contributed by atoms with E-state index in [1.54, 1.807) is 6.20 Å². The van der Waals surface area contributed by atoms with E-state index in [1.807, 2.05) is 88.5 Å². The number of nitrogens with one attached hydrogen (secondary N) is 2. The number of hydrogen-bond acceptors (Lipinski definition) is 4. The van der Waals surface area contributed by atoms with Crippen molar-refractivity contribution in [2.45, 2.75) is 46.7 Å². The van der Waals surface area contributed by atoms with Crippen LogP contribution in [0, 0.1) is 23.8 Å². The lowest BCUT2D eigenvalue weighted by Crippen LogP contribution is -2.44. The van der Waals surface area contributed by atoms with Gasteiger partial charge < -0.3 is 5.32 Å². The molecule has 1 aromatic heterocycles. The summed E-state index contributed by atoms with van der Waals surface area (Å²) in [5.41, 5.74) is 3.62. The van der Waals surface area contributed by atoms with Crippen molar-refractivity contribution in [2.75, 3.05) is 0 Å². The molecule has 0 bridgehead atoms. The SMILES string of the molecule is Cc1ccccc1C/C(=N/C(NC(=O)Cc1ccc2cccnc2c1)C(C)(C)C)NC#N. The molecule has 0 radical (unpaired) electrons. The minimum Gasteiger partial charge on any atom is -0.334 e. The van der Waals surface area contributed by atoms with Gasteiger partial charge in [0.15, 0.2) is 6.19 Å². The molecule has 6 heteroatoms. The number of benzene rings is 2. The van der Waals surface area contributed by atoms with Gasteiger partial charge in [-0.1, -0.05) is 63.2 Å². The van der Waals surface area contributed by atoms with E-state index in [9.17, 15) is 10.1 Å². The number of hydrogen-bond donors (Lipinski definition) is 2. The number of rotatable bonds is 6. The fraction of sp³-hybridized carbons (Fsp3) is 0.308. The molecular formula is C26H29N5O. The zero-order valence-corrected chi connectivity index (χ0v) is 19.0. The maximum Gasteiger partial charge on any atom is 0.226 e. The predicted octanol–water partition coefficient (Wildman–Crippen LogP) is 4.29. The maximum atomic E-state index is 12.9. The second-order valence-corrected chi connectivity index (χ2v) is 8.96. The van der Waals surface area contributed by atoms with Gasteiger partial charge in [-0.05, 0) is 35.7 Å². The molecule has 0 aliphatic rings. The Bertz CT molecular complexity index is 1170. The lowest BCUT2D eigenvalue weighted by molar-refractivity contribution is -0.121. The van der Waals surface area contributed by atoms with Crippen LogP contribution in [0.25, 0.3) is 10.9 Å². The van der Waals surface area contributed by atoms with Crippen molar-refractivity contribution in [1.29, 1.82) is 5.26 Å². The van der Waals surface area contributed by atoms with Gasteiger partial charge in [0.2, 0.25) is 5.91 Å². The van der Waals surface area contributed by atoms with E-state index in [-0.39, 0.29) is 17.7 Å². The van der Waals surface area contributed by atoms with Gasteiger partial charge in [0, 0.05) is 23.4 Å². The first kappa shape index (κ1) is 23.0. The molecule has 3 aromatic rings. The number of fused-ring (bicyclic) bond motifs is 1. The van der Waals surface area contributed by atoms with Crippen molar-refractivity contribution >= 4 is 22.6 Å². The average molecular weight is 428 g/mol. The van der Waals surface area contributed by atoms with Crippen LogP contribution >= 0.6 is 0 Å². The Hall–Kier alpha value is -3.72. The number of carbonyl (C=O) groups is 1. The third kappa shape index (κ3) is 6.14. The van der Waals surface area contributed by atoms with E-state index in [2.05, 4.69) is 15.6 Å². The van der Waals surface area contributed by atoms with E-state index in [0.29, 0.717) is 12.3 Å². The highest BCUT2D eigenvalue weighted by atomic mass is 16.1. The van der Waals surface area contributed by atoms with Crippen LogP contribution in [-0.2, 0) is 17.6 Å². The smallest absolute Gasteiger partial charge is 0.226 e. The highest BCUT2D eigenvalue weighted by Gasteiger charge is 2.26. The molecule has 1 unspecified atom stereocenters. The Kier molecular flexibility index (Phi) is 7.21. The van der Waals surface area contributed by atoms with Crippen molar-refractivity contribution in [3.05, 3.63) is 77.5 Å². The highest BCUT2D eigenvalue weighted by Crippen LogP contribution is 2.21. The van der Waals surface area contributed by atoms with Gasteiger partial charge in [-0.3, -0.25) is 15.1 Å². The maximum absolute atomic E-state index is 12.9. The van der Waals surface area contributed by atoms with E-state index in [1.165, 1.54) is 0 Å². The van der Waals surface area contributed by atoms with Crippen LogP contribution in [0.3, 0.4) is 0 Å². The number of carbonyl (C=O) groups excluding carboxylic acids is 1. The molecule has 0 fully saturated rings. The monoisotopic (exact) mass is 427 g/mol. The van der Waals surface area contributed by atoms with Crippen molar-refractivity contribution in [1.82, 2.24) is 15.6 Å². The van der Waals surface area contributed by atoms with E-state index >= 15 is 0 Å². The summed E-state index contributed by atoms with van der Waals surface area (Å²) in [6.07, 6.45) is 3.94. The molecule has 2 aromatic carbocycles. The molecule has 1 atom stereocenters. The van der Waals surface area contributed by atoms with Crippen LogP contribution in [0.2, 0.25) is 0 Å². The number of aryl methyl sites for hydroxylation is 1. The molecule has 1 amide bonds. The Morgan fingerprint density at radius 1 is 1.12 bits per heavy atom. The van der Waals surface area contributed by atoms with Crippen molar-refractivity contribution in [3.63, 3.8) is 0 Å². The summed E-state index contributed by atoms with van der Waals surface area (Å²) in [5.74, 6) is 0.396. The van der Waals surface area contributed by atoms with Crippen LogP contribution in [0.4, 0.5) is 0 Å². The first-order chi connectivity index (χ1) is 15.3. The third-order valence-electron chi connectivity index (χ3n) is 5.26. The quantitative estimate of drug-likeness (QED) is 0.266. The van der Waals surface area contributed by atoms with E-state index in [0.717, 1.165) is 27.6 Å². The topological polar surface area (TPSA) is 90.2 Å². The first-order valence-corrected chi connectivity index (χ1v) is 10.7. The average Bonchev–Trinajstić information content (AvgIpc) is 2.74. The Balaban J connectivity index is 1.78. The molecule has 6 nitrogen and oxygen atoms in total. The van der Waals surface area contributed by atoms with Gasteiger partial charge in [0.05, 0.1) is 11.9 Å². The molecule has 0 saturated carbocycles. The van der Waals surface area contributed by atoms with Gasteiger partial charge in [0.1, 0.15) is 12.0 Å². The summed E-state index contributed by atoms with van der Waals surface area (Å²) < 4.78 is 0. The second kappa shape index (κ2) is 10.1. The fourth-order valence-electron chi connectivity index (χ4n) is 3.38. The predicted molar refractivity (Wildman–Crippen MR) is 128 cm³/mol.